The maximum Gasteiger partial charge on any atom is 0.389 e. The van der Waals surface area contributed by atoms with Crippen LogP contribution in [0, 0.1) is 5.92 Å². The third kappa shape index (κ3) is 4.39. The van der Waals surface area contributed by atoms with Crippen LogP contribution in [0.4, 0.5) is 13.2 Å². The first-order valence-electron chi connectivity index (χ1n) is 8.16. The van der Waals surface area contributed by atoms with Gasteiger partial charge in [0.25, 0.3) is 0 Å². The van der Waals surface area contributed by atoms with Crippen molar-refractivity contribution in [3.63, 3.8) is 0 Å². The first-order valence-corrected chi connectivity index (χ1v) is 8.16. The second-order valence-corrected chi connectivity index (χ2v) is 6.36. The Bertz CT molecular complexity index is 542. The zero-order valence-electron chi connectivity index (χ0n) is 13.1. The summed E-state index contributed by atoms with van der Waals surface area (Å²) in [7, 11) is 0. The van der Waals surface area contributed by atoms with Gasteiger partial charge in [0.05, 0.1) is 6.54 Å². The summed E-state index contributed by atoms with van der Waals surface area (Å²) < 4.78 is 37.9. The molecule has 3 rings (SSSR count). The number of rotatable bonds is 3. The molecule has 0 radical (unpaired) electrons. The summed E-state index contributed by atoms with van der Waals surface area (Å²) in [6, 6.07) is 10.1. The molecule has 2 aliphatic heterocycles. The van der Waals surface area contributed by atoms with Gasteiger partial charge in [-0.15, -0.1) is 0 Å². The molecule has 0 amide bonds. The van der Waals surface area contributed by atoms with Crippen LogP contribution in [0.3, 0.4) is 0 Å². The van der Waals surface area contributed by atoms with Gasteiger partial charge in [-0.1, -0.05) is 30.3 Å². The molecule has 1 unspecified atom stereocenters. The highest BCUT2D eigenvalue weighted by atomic mass is 19.4. The molecule has 3 nitrogen and oxygen atoms in total. The monoisotopic (exact) mass is 325 g/mol. The first kappa shape index (κ1) is 16.1. The van der Waals surface area contributed by atoms with E-state index >= 15 is 0 Å². The van der Waals surface area contributed by atoms with Crippen LogP contribution < -0.4 is 0 Å². The Balaban J connectivity index is 1.63. The van der Waals surface area contributed by atoms with E-state index in [0.717, 1.165) is 38.6 Å². The third-order valence-corrected chi connectivity index (χ3v) is 4.44. The minimum absolute atomic E-state index is 0.314. The molecule has 23 heavy (non-hydrogen) atoms. The summed E-state index contributed by atoms with van der Waals surface area (Å²) in [6.45, 7) is 3.59. The lowest BCUT2D eigenvalue weighted by molar-refractivity contribution is -0.147. The van der Waals surface area contributed by atoms with Crippen molar-refractivity contribution < 1.29 is 13.2 Å². The number of alkyl halides is 3. The zero-order valence-corrected chi connectivity index (χ0v) is 13.1. The minimum atomic E-state index is -4.07. The fourth-order valence-corrected chi connectivity index (χ4v) is 3.46. The lowest BCUT2D eigenvalue weighted by Gasteiger charge is -2.37. The second-order valence-electron chi connectivity index (χ2n) is 6.36. The standard InChI is InChI=1S/C17H22F3N3/c18-17(19,20)11-15-7-4-9-22(13-15)16-21-8-10-23(16)12-14-5-2-1-3-6-14/h1-3,5-6,15H,4,7-13H2. The van der Waals surface area contributed by atoms with Crippen LogP contribution in [-0.4, -0.2) is 48.1 Å². The molecular weight excluding hydrogens is 303 g/mol. The number of guanidine groups is 1. The molecule has 0 spiro atoms. The molecule has 0 aliphatic carbocycles. The van der Waals surface area contributed by atoms with Gasteiger partial charge >= 0.3 is 6.18 Å². The molecule has 0 bridgehead atoms. The highest BCUT2D eigenvalue weighted by Crippen LogP contribution is 2.30. The van der Waals surface area contributed by atoms with E-state index in [9.17, 15) is 13.2 Å². The topological polar surface area (TPSA) is 18.8 Å². The van der Waals surface area contributed by atoms with Crippen molar-refractivity contribution in [2.45, 2.75) is 32.0 Å². The molecular formula is C17H22F3N3. The summed E-state index contributed by atoms with van der Waals surface area (Å²) in [4.78, 5) is 8.79. The van der Waals surface area contributed by atoms with E-state index in [-0.39, 0.29) is 5.92 Å². The van der Waals surface area contributed by atoms with Gasteiger partial charge in [-0.2, -0.15) is 13.2 Å². The summed E-state index contributed by atoms with van der Waals surface area (Å²) in [5.74, 6) is 0.561. The van der Waals surface area contributed by atoms with Crippen LogP contribution >= 0.6 is 0 Å². The molecule has 2 heterocycles. The molecule has 126 valence electrons. The lowest BCUT2D eigenvalue weighted by atomic mass is 9.95. The van der Waals surface area contributed by atoms with Gasteiger partial charge in [0, 0.05) is 32.6 Å². The molecule has 1 atom stereocenters. The fraction of sp³-hybridized carbons (Fsp3) is 0.588. The van der Waals surface area contributed by atoms with Gasteiger partial charge in [0.1, 0.15) is 0 Å². The number of nitrogens with zero attached hydrogens (tertiary/aromatic N) is 3. The number of benzene rings is 1. The molecule has 6 heteroatoms. The van der Waals surface area contributed by atoms with Crippen molar-refractivity contribution in [1.82, 2.24) is 9.80 Å². The molecule has 1 aromatic carbocycles. The number of halogens is 3. The van der Waals surface area contributed by atoms with Crippen LogP contribution in [0.5, 0.6) is 0 Å². The van der Waals surface area contributed by atoms with Crippen LogP contribution in [0.1, 0.15) is 24.8 Å². The number of aliphatic imine (C=N–C) groups is 1. The van der Waals surface area contributed by atoms with E-state index in [1.807, 2.05) is 18.2 Å². The van der Waals surface area contributed by atoms with Gasteiger partial charge in [0.15, 0.2) is 5.96 Å². The van der Waals surface area contributed by atoms with Gasteiger partial charge in [0.2, 0.25) is 0 Å². The number of likely N-dealkylation sites (tertiary alicyclic amines) is 1. The van der Waals surface area contributed by atoms with Gasteiger partial charge in [-0.3, -0.25) is 4.99 Å². The number of hydrogen-bond donors (Lipinski definition) is 0. The van der Waals surface area contributed by atoms with E-state index in [1.165, 1.54) is 5.56 Å². The molecule has 2 aliphatic rings. The second kappa shape index (κ2) is 6.81. The Hall–Kier alpha value is -1.72. The average molecular weight is 325 g/mol. The van der Waals surface area contributed by atoms with Crippen LogP contribution in [0.15, 0.2) is 35.3 Å². The van der Waals surface area contributed by atoms with Crippen LogP contribution in [0.2, 0.25) is 0 Å². The highest BCUT2D eigenvalue weighted by Gasteiger charge is 2.35. The quantitative estimate of drug-likeness (QED) is 0.847. The molecule has 1 aromatic rings. The first-order chi connectivity index (χ1) is 11.0. The van der Waals surface area contributed by atoms with Crippen molar-refractivity contribution in [1.29, 1.82) is 0 Å². The van der Waals surface area contributed by atoms with Gasteiger partial charge < -0.3 is 9.80 Å². The van der Waals surface area contributed by atoms with Crippen LogP contribution in [0.25, 0.3) is 0 Å². The number of piperidine rings is 1. The Kier molecular flexibility index (Phi) is 4.78. The van der Waals surface area contributed by atoms with Gasteiger partial charge in [-0.25, -0.2) is 0 Å². The predicted molar refractivity (Wildman–Crippen MR) is 84.1 cm³/mol. The summed E-state index contributed by atoms with van der Waals surface area (Å²) in [6.07, 6.45) is -3.30. The smallest absolute Gasteiger partial charge is 0.343 e. The van der Waals surface area contributed by atoms with Crippen LogP contribution in [-0.2, 0) is 6.54 Å². The summed E-state index contributed by atoms with van der Waals surface area (Å²) in [5, 5.41) is 0. The van der Waals surface area contributed by atoms with Crippen molar-refractivity contribution >= 4 is 5.96 Å². The third-order valence-electron chi connectivity index (χ3n) is 4.44. The Labute approximate surface area is 134 Å². The Morgan fingerprint density at radius 1 is 1.13 bits per heavy atom. The van der Waals surface area contributed by atoms with E-state index < -0.39 is 12.6 Å². The normalized spacial score (nSPS) is 22.4. The van der Waals surface area contributed by atoms with Crippen molar-refractivity contribution in [2.24, 2.45) is 10.9 Å². The molecule has 1 fully saturated rings. The SMILES string of the molecule is FC(F)(F)CC1CCCN(C2=NCCN2Cc2ccccc2)C1. The largest absolute Gasteiger partial charge is 0.389 e. The van der Waals surface area contributed by atoms with E-state index in [4.69, 9.17) is 0 Å². The molecule has 0 aromatic heterocycles. The van der Waals surface area contributed by atoms with E-state index in [2.05, 4.69) is 26.9 Å². The van der Waals surface area contributed by atoms with Crippen molar-refractivity contribution in [3.05, 3.63) is 35.9 Å². The molecule has 1 saturated heterocycles. The number of hydrogen-bond acceptors (Lipinski definition) is 3. The zero-order chi connectivity index (χ0) is 16.3. The maximum atomic E-state index is 12.6. The Morgan fingerprint density at radius 2 is 1.91 bits per heavy atom. The summed E-state index contributed by atoms with van der Waals surface area (Å²) in [5.41, 5.74) is 1.20. The lowest BCUT2D eigenvalue weighted by Crippen LogP contribution is -2.47. The Morgan fingerprint density at radius 3 is 2.65 bits per heavy atom. The fourth-order valence-electron chi connectivity index (χ4n) is 3.46. The van der Waals surface area contributed by atoms with Crippen molar-refractivity contribution in [2.75, 3.05) is 26.2 Å². The van der Waals surface area contributed by atoms with Crippen molar-refractivity contribution in [3.8, 4) is 0 Å². The van der Waals surface area contributed by atoms with Gasteiger partial charge in [-0.05, 0) is 24.3 Å². The minimum Gasteiger partial charge on any atom is -0.343 e. The van der Waals surface area contributed by atoms with E-state index in [1.54, 1.807) is 0 Å². The molecule has 0 saturated carbocycles. The summed E-state index contributed by atoms with van der Waals surface area (Å²) >= 11 is 0. The maximum absolute atomic E-state index is 12.6. The molecule has 0 N–H and O–H groups in total. The average Bonchev–Trinajstić information content (AvgIpc) is 2.95. The predicted octanol–water partition coefficient (Wildman–Crippen LogP) is 3.52. The highest BCUT2D eigenvalue weighted by molar-refractivity contribution is 5.81. The van der Waals surface area contributed by atoms with E-state index in [0.29, 0.717) is 13.0 Å².